The molecule has 0 saturated carbocycles. The van der Waals surface area contributed by atoms with E-state index in [4.69, 9.17) is 14.1 Å². The molecule has 6 nitrogen and oxygen atoms in total. The van der Waals surface area contributed by atoms with Gasteiger partial charge in [0.2, 0.25) is 0 Å². The van der Waals surface area contributed by atoms with Gasteiger partial charge in [0.25, 0.3) is 0 Å². The molecular formula is C20H34N4O2S. The average molecular weight is 395 g/mol. The predicted octanol–water partition coefficient (Wildman–Crippen LogP) is 2.22. The number of aliphatic imine (C=N–C) groups is 1. The first-order chi connectivity index (χ1) is 13.3. The van der Waals surface area contributed by atoms with Crippen molar-refractivity contribution in [1.29, 1.82) is 0 Å². The van der Waals surface area contributed by atoms with Crippen LogP contribution in [0.25, 0.3) is 0 Å². The van der Waals surface area contributed by atoms with E-state index in [0.717, 1.165) is 56.1 Å². The molecule has 0 aliphatic carbocycles. The number of nitrogens with zero attached hydrogens (tertiary/aromatic N) is 2. The fourth-order valence-corrected chi connectivity index (χ4v) is 3.98. The molecule has 0 amide bonds. The lowest BCUT2D eigenvalue weighted by Crippen LogP contribution is -2.49. The molecule has 2 aliphatic rings. The Kier molecular flexibility index (Phi) is 8.84. The quantitative estimate of drug-likeness (QED) is 0.380. The van der Waals surface area contributed by atoms with Crippen molar-refractivity contribution in [2.75, 3.05) is 57.9 Å². The van der Waals surface area contributed by atoms with Gasteiger partial charge in [0, 0.05) is 51.0 Å². The van der Waals surface area contributed by atoms with E-state index in [-0.39, 0.29) is 0 Å². The maximum Gasteiger partial charge on any atom is 0.191 e. The van der Waals surface area contributed by atoms with E-state index in [9.17, 15) is 0 Å². The average Bonchev–Trinajstić information content (AvgIpc) is 3.37. The molecule has 0 aromatic carbocycles. The number of rotatable bonds is 9. The third-order valence-electron chi connectivity index (χ3n) is 5.28. The van der Waals surface area contributed by atoms with Crippen LogP contribution in [0.3, 0.4) is 0 Å². The summed E-state index contributed by atoms with van der Waals surface area (Å²) in [7, 11) is 0. The topological polar surface area (TPSA) is 62.0 Å². The molecule has 1 aromatic heterocycles. The van der Waals surface area contributed by atoms with Crippen LogP contribution in [0.15, 0.2) is 27.8 Å². The van der Waals surface area contributed by atoms with Gasteiger partial charge in [-0.05, 0) is 43.6 Å². The molecule has 2 fully saturated rings. The third-order valence-corrected chi connectivity index (χ3v) is 5.87. The van der Waals surface area contributed by atoms with Crippen molar-refractivity contribution in [2.24, 2.45) is 10.9 Å². The summed E-state index contributed by atoms with van der Waals surface area (Å²) in [4.78, 5) is 7.35. The molecule has 1 aromatic rings. The highest BCUT2D eigenvalue weighted by Crippen LogP contribution is 2.17. The van der Waals surface area contributed by atoms with Gasteiger partial charge in [-0.2, -0.15) is 11.8 Å². The zero-order valence-electron chi connectivity index (χ0n) is 16.5. The monoisotopic (exact) mass is 394 g/mol. The fraction of sp³-hybridized carbons (Fsp3) is 0.750. The van der Waals surface area contributed by atoms with Crippen LogP contribution >= 0.6 is 11.8 Å². The van der Waals surface area contributed by atoms with Crippen molar-refractivity contribution in [3.63, 3.8) is 0 Å². The first-order valence-corrected chi connectivity index (χ1v) is 11.6. The molecule has 0 radical (unpaired) electrons. The van der Waals surface area contributed by atoms with E-state index in [1.165, 1.54) is 38.9 Å². The third kappa shape index (κ3) is 7.39. The minimum absolute atomic E-state index is 0.505. The second-order valence-electron chi connectivity index (χ2n) is 7.43. The zero-order chi connectivity index (χ0) is 18.7. The highest BCUT2D eigenvalue weighted by atomic mass is 32.2. The van der Waals surface area contributed by atoms with Gasteiger partial charge in [-0.25, -0.2) is 0 Å². The Morgan fingerprint density at radius 1 is 1.33 bits per heavy atom. The van der Waals surface area contributed by atoms with Crippen molar-refractivity contribution >= 4 is 17.7 Å². The molecule has 3 rings (SSSR count). The standard InChI is InChI=1S/C20H34N4O2S/c1-27-14-9-22-20(21-8-4-19-3-2-12-26-19)23-18-5-10-24(11-6-18)15-17-7-13-25-16-17/h2-3,12,17-18H,4-11,13-16H2,1H3,(H2,21,22,23). The maximum atomic E-state index is 5.51. The molecular weight excluding hydrogens is 360 g/mol. The van der Waals surface area contributed by atoms with Gasteiger partial charge < -0.3 is 24.7 Å². The summed E-state index contributed by atoms with van der Waals surface area (Å²) in [5.41, 5.74) is 0. The smallest absolute Gasteiger partial charge is 0.191 e. The van der Waals surface area contributed by atoms with Gasteiger partial charge >= 0.3 is 0 Å². The summed E-state index contributed by atoms with van der Waals surface area (Å²) >= 11 is 1.83. The van der Waals surface area contributed by atoms with Crippen molar-refractivity contribution in [3.8, 4) is 0 Å². The number of hydrogen-bond acceptors (Lipinski definition) is 5. The van der Waals surface area contributed by atoms with E-state index in [1.807, 2.05) is 23.9 Å². The Morgan fingerprint density at radius 2 is 2.22 bits per heavy atom. The minimum Gasteiger partial charge on any atom is -0.469 e. The van der Waals surface area contributed by atoms with E-state index in [2.05, 4.69) is 21.8 Å². The summed E-state index contributed by atoms with van der Waals surface area (Å²) in [5.74, 6) is 3.74. The second-order valence-corrected chi connectivity index (χ2v) is 8.41. The molecule has 27 heavy (non-hydrogen) atoms. The summed E-state index contributed by atoms with van der Waals surface area (Å²) in [6, 6.07) is 4.46. The molecule has 1 atom stereocenters. The first kappa shape index (κ1) is 20.6. The summed E-state index contributed by atoms with van der Waals surface area (Å²) in [6.07, 6.45) is 8.30. The largest absolute Gasteiger partial charge is 0.469 e. The molecule has 0 bridgehead atoms. The van der Waals surface area contributed by atoms with E-state index >= 15 is 0 Å². The molecule has 152 valence electrons. The lowest BCUT2D eigenvalue weighted by molar-refractivity contribution is 0.150. The van der Waals surface area contributed by atoms with E-state index in [1.54, 1.807) is 6.26 Å². The van der Waals surface area contributed by atoms with Crippen LogP contribution in [0, 0.1) is 5.92 Å². The molecule has 7 heteroatoms. The fourth-order valence-electron chi connectivity index (χ4n) is 3.71. The number of thioether (sulfide) groups is 1. The summed E-state index contributed by atoms with van der Waals surface area (Å²) in [5, 5.41) is 7.13. The number of piperidine rings is 1. The zero-order valence-corrected chi connectivity index (χ0v) is 17.3. The van der Waals surface area contributed by atoms with Gasteiger partial charge in [0.05, 0.1) is 19.4 Å². The van der Waals surface area contributed by atoms with Gasteiger partial charge in [0.15, 0.2) is 5.96 Å². The molecule has 1 unspecified atom stereocenters. The SMILES string of the molecule is CSCCN=C(NCCc1ccco1)NC1CCN(CC2CCOC2)CC1. The van der Waals surface area contributed by atoms with Crippen molar-refractivity contribution in [2.45, 2.75) is 31.7 Å². The molecule has 2 saturated heterocycles. The molecule has 3 heterocycles. The predicted molar refractivity (Wildman–Crippen MR) is 113 cm³/mol. The number of furan rings is 1. The number of ether oxygens (including phenoxy) is 1. The van der Waals surface area contributed by atoms with Gasteiger partial charge in [-0.3, -0.25) is 4.99 Å². The number of nitrogens with one attached hydrogen (secondary N) is 2. The van der Waals surface area contributed by atoms with Gasteiger partial charge in [-0.15, -0.1) is 0 Å². The van der Waals surface area contributed by atoms with E-state index < -0.39 is 0 Å². The van der Waals surface area contributed by atoms with Crippen LogP contribution in [-0.2, 0) is 11.2 Å². The Bertz CT molecular complexity index is 538. The second kappa shape index (κ2) is 11.6. The normalized spacial score (nSPS) is 22.3. The number of likely N-dealkylation sites (tertiary alicyclic amines) is 1. The van der Waals surface area contributed by atoms with Crippen LogP contribution in [0.4, 0.5) is 0 Å². The molecule has 2 aliphatic heterocycles. The van der Waals surface area contributed by atoms with Crippen molar-refractivity contribution in [3.05, 3.63) is 24.2 Å². The Morgan fingerprint density at radius 3 is 2.93 bits per heavy atom. The minimum atomic E-state index is 0.505. The lowest BCUT2D eigenvalue weighted by atomic mass is 10.0. The molecule has 0 spiro atoms. The maximum absolute atomic E-state index is 5.51. The Balaban J connectivity index is 1.40. The van der Waals surface area contributed by atoms with Crippen molar-refractivity contribution < 1.29 is 9.15 Å². The van der Waals surface area contributed by atoms with Gasteiger partial charge in [-0.1, -0.05) is 0 Å². The van der Waals surface area contributed by atoms with Crippen LogP contribution in [-0.4, -0.2) is 74.8 Å². The lowest BCUT2D eigenvalue weighted by Gasteiger charge is -2.34. The van der Waals surface area contributed by atoms with E-state index in [0.29, 0.717) is 6.04 Å². The number of hydrogen-bond donors (Lipinski definition) is 2. The van der Waals surface area contributed by atoms with Gasteiger partial charge in [0.1, 0.15) is 5.76 Å². The summed E-state index contributed by atoms with van der Waals surface area (Å²) in [6.45, 7) is 7.10. The highest BCUT2D eigenvalue weighted by Gasteiger charge is 2.24. The van der Waals surface area contributed by atoms with Crippen LogP contribution < -0.4 is 10.6 Å². The molecule has 2 N–H and O–H groups in total. The van der Waals surface area contributed by atoms with Crippen LogP contribution in [0.2, 0.25) is 0 Å². The Hall–Kier alpha value is -1.18. The Labute approximate surface area is 167 Å². The highest BCUT2D eigenvalue weighted by molar-refractivity contribution is 7.98. The van der Waals surface area contributed by atoms with Crippen LogP contribution in [0.5, 0.6) is 0 Å². The number of guanidine groups is 1. The van der Waals surface area contributed by atoms with Crippen molar-refractivity contribution in [1.82, 2.24) is 15.5 Å². The summed E-state index contributed by atoms with van der Waals surface area (Å²) < 4.78 is 10.9. The first-order valence-electron chi connectivity index (χ1n) is 10.2. The van der Waals surface area contributed by atoms with Crippen LogP contribution in [0.1, 0.15) is 25.0 Å².